The molecular formula is C11H18N4O2. The van der Waals surface area contributed by atoms with Crippen molar-refractivity contribution in [3.63, 3.8) is 0 Å². The molecule has 0 unspecified atom stereocenters. The molecule has 94 valence electrons. The van der Waals surface area contributed by atoms with Crippen LogP contribution in [-0.4, -0.2) is 35.1 Å². The highest BCUT2D eigenvalue weighted by molar-refractivity contribution is 5.75. The SMILES string of the molecule is CCOC(=O)CN(c1nccc(N)n1)C(C)C. The lowest BCUT2D eigenvalue weighted by atomic mass is 10.3. The van der Waals surface area contributed by atoms with Gasteiger partial charge in [-0.05, 0) is 26.8 Å². The standard InChI is InChI=1S/C11H18N4O2/c1-4-17-10(16)7-15(8(2)3)11-13-6-5-9(12)14-11/h5-6,8H,4,7H2,1-3H3,(H2,12,13,14). The minimum Gasteiger partial charge on any atom is -0.465 e. The molecule has 1 aromatic rings. The molecule has 1 rings (SSSR count). The number of aromatic nitrogens is 2. The van der Waals surface area contributed by atoms with Crippen molar-refractivity contribution < 1.29 is 9.53 Å². The zero-order chi connectivity index (χ0) is 12.8. The second-order valence-corrected chi connectivity index (χ2v) is 3.81. The van der Waals surface area contributed by atoms with Crippen LogP contribution in [0.4, 0.5) is 11.8 Å². The van der Waals surface area contributed by atoms with Crippen LogP contribution in [0.3, 0.4) is 0 Å². The first-order valence-electron chi connectivity index (χ1n) is 5.55. The lowest BCUT2D eigenvalue weighted by Gasteiger charge is -2.25. The van der Waals surface area contributed by atoms with Gasteiger partial charge in [-0.2, -0.15) is 4.98 Å². The first-order valence-corrected chi connectivity index (χ1v) is 5.55. The van der Waals surface area contributed by atoms with Gasteiger partial charge in [-0.25, -0.2) is 4.98 Å². The third-order valence-electron chi connectivity index (χ3n) is 2.15. The van der Waals surface area contributed by atoms with Crippen molar-refractivity contribution in [3.8, 4) is 0 Å². The smallest absolute Gasteiger partial charge is 0.325 e. The van der Waals surface area contributed by atoms with Gasteiger partial charge < -0.3 is 15.4 Å². The quantitative estimate of drug-likeness (QED) is 0.765. The lowest BCUT2D eigenvalue weighted by molar-refractivity contribution is -0.141. The van der Waals surface area contributed by atoms with Gasteiger partial charge >= 0.3 is 5.97 Å². The molecule has 0 spiro atoms. The van der Waals surface area contributed by atoms with Crippen molar-refractivity contribution >= 4 is 17.7 Å². The molecular weight excluding hydrogens is 220 g/mol. The van der Waals surface area contributed by atoms with E-state index in [-0.39, 0.29) is 18.6 Å². The normalized spacial score (nSPS) is 10.4. The summed E-state index contributed by atoms with van der Waals surface area (Å²) in [4.78, 5) is 21.4. The monoisotopic (exact) mass is 238 g/mol. The molecule has 0 fully saturated rings. The number of hydrogen-bond acceptors (Lipinski definition) is 6. The fraction of sp³-hybridized carbons (Fsp3) is 0.545. The number of nitrogens with zero attached hydrogens (tertiary/aromatic N) is 3. The molecule has 0 bridgehead atoms. The number of hydrogen-bond donors (Lipinski definition) is 1. The third-order valence-corrected chi connectivity index (χ3v) is 2.15. The van der Waals surface area contributed by atoms with Crippen molar-refractivity contribution in [2.24, 2.45) is 0 Å². The Morgan fingerprint density at radius 2 is 2.29 bits per heavy atom. The van der Waals surface area contributed by atoms with E-state index in [1.165, 1.54) is 0 Å². The van der Waals surface area contributed by atoms with Crippen LogP contribution in [0.25, 0.3) is 0 Å². The van der Waals surface area contributed by atoms with Crippen molar-refractivity contribution in [3.05, 3.63) is 12.3 Å². The maximum Gasteiger partial charge on any atom is 0.325 e. The second-order valence-electron chi connectivity index (χ2n) is 3.81. The van der Waals surface area contributed by atoms with Gasteiger partial charge in [-0.15, -0.1) is 0 Å². The molecule has 0 atom stereocenters. The molecule has 0 aliphatic rings. The van der Waals surface area contributed by atoms with Crippen LogP contribution >= 0.6 is 0 Å². The zero-order valence-electron chi connectivity index (χ0n) is 10.4. The van der Waals surface area contributed by atoms with Gasteiger partial charge in [0.1, 0.15) is 12.4 Å². The Hall–Kier alpha value is -1.85. The molecule has 0 aliphatic heterocycles. The van der Waals surface area contributed by atoms with Crippen molar-refractivity contribution in [1.29, 1.82) is 0 Å². The molecule has 6 nitrogen and oxygen atoms in total. The van der Waals surface area contributed by atoms with Crippen LogP contribution in [0, 0.1) is 0 Å². The Balaban J connectivity index is 2.82. The van der Waals surface area contributed by atoms with E-state index in [0.29, 0.717) is 18.4 Å². The Kier molecular flexibility index (Phi) is 4.68. The van der Waals surface area contributed by atoms with Gasteiger partial charge in [-0.1, -0.05) is 0 Å². The van der Waals surface area contributed by atoms with Gasteiger partial charge in [-0.3, -0.25) is 4.79 Å². The van der Waals surface area contributed by atoms with Crippen molar-refractivity contribution in [1.82, 2.24) is 9.97 Å². The summed E-state index contributed by atoms with van der Waals surface area (Å²) < 4.78 is 4.91. The van der Waals surface area contributed by atoms with E-state index in [9.17, 15) is 4.79 Å². The van der Waals surface area contributed by atoms with E-state index < -0.39 is 0 Å². The molecule has 0 radical (unpaired) electrons. The van der Waals surface area contributed by atoms with E-state index >= 15 is 0 Å². The minimum absolute atomic E-state index is 0.0845. The highest BCUT2D eigenvalue weighted by Gasteiger charge is 2.17. The van der Waals surface area contributed by atoms with Crippen molar-refractivity contribution in [2.45, 2.75) is 26.8 Å². The molecule has 0 aromatic carbocycles. The highest BCUT2D eigenvalue weighted by atomic mass is 16.5. The molecule has 0 saturated carbocycles. The number of nitrogens with two attached hydrogens (primary N) is 1. The summed E-state index contributed by atoms with van der Waals surface area (Å²) in [6.07, 6.45) is 1.57. The van der Waals surface area contributed by atoms with Crippen LogP contribution in [0.15, 0.2) is 12.3 Å². The second kappa shape index (κ2) is 6.03. The summed E-state index contributed by atoms with van der Waals surface area (Å²) in [6, 6.07) is 1.69. The van der Waals surface area contributed by atoms with Gasteiger partial charge in [0.15, 0.2) is 0 Å². The minimum atomic E-state index is -0.299. The first-order chi connectivity index (χ1) is 8.04. The summed E-state index contributed by atoms with van der Waals surface area (Å²) >= 11 is 0. The maximum atomic E-state index is 11.5. The van der Waals surface area contributed by atoms with E-state index in [4.69, 9.17) is 10.5 Å². The average molecular weight is 238 g/mol. The fourth-order valence-corrected chi connectivity index (χ4v) is 1.33. The topological polar surface area (TPSA) is 81.3 Å². The van der Waals surface area contributed by atoms with Crippen LogP contribution in [0.5, 0.6) is 0 Å². The Bertz CT molecular complexity index is 381. The summed E-state index contributed by atoms with van der Waals surface area (Å²) in [5, 5.41) is 0. The summed E-state index contributed by atoms with van der Waals surface area (Å²) in [5.41, 5.74) is 5.59. The molecule has 0 saturated heterocycles. The number of ether oxygens (including phenoxy) is 1. The number of nitrogen functional groups attached to an aromatic ring is 1. The highest BCUT2D eigenvalue weighted by Crippen LogP contribution is 2.12. The van der Waals surface area contributed by atoms with Crippen LogP contribution in [0.2, 0.25) is 0 Å². The van der Waals surface area contributed by atoms with Gasteiger partial charge in [0.05, 0.1) is 6.61 Å². The molecule has 0 amide bonds. The van der Waals surface area contributed by atoms with E-state index in [2.05, 4.69) is 9.97 Å². The number of carbonyl (C=O) groups excluding carboxylic acids is 1. The zero-order valence-corrected chi connectivity index (χ0v) is 10.4. The van der Waals surface area contributed by atoms with E-state index in [0.717, 1.165) is 0 Å². The van der Waals surface area contributed by atoms with Gasteiger partial charge in [0.2, 0.25) is 5.95 Å². The van der Waals surface area contributed by atoms with Crippen LogP contribution in [-0.2, 0) is 9.53 Å². The molecule has 1 aromatic heterocycles. The lowest BCUT2D eigenvalue weighted by Crippen LogP contribution is -2.37. The Morgan fingerprint density at radius 3 is 2.82 bits per heavy atom. The molecule has 2 N–H and O–H groups in total. The fourth-order valence-electron chi connectivity index (χ4n) is 1.33. The molecule has 17 heavy (non-hydrogen) atoms. The van der Waals surface area contributed by atoms with Crippen molar-refractivity contribution in [2.75, 3.05) is 23.8 Å². The average Bonchev–Trinajstić information content (AvgIpc) is 2.26. The molecule has 6 heteroatoms. The largest absolute Gasteiger partial charge is 0.465 e. The predicted molar refractivity (Wildman–Crippen MR) is 65.6 cm³/mol. The summed E-state index contributed by atoms with van der Waals surface area (Å²) in [7, 11) is 0. The number of anilines is 2. The Morgan fingerprint density at radius 1 is 1.59 bits per heavy atom. The van der Waals surface area contributed by atoms with Gasteiger partial charge in [0.25, 0.3) is 0 Å². The summed E-state index contributed by atoms with van der Waals surface area (Å²) in [6.45, 7) is 6.16. The first kappa shape index (κ1) is 13.2. The Labute approximate surface area is 101 Å². The number of carbonyl (C=O) groups is 1. The maximum absolute atomic E-state index is 11.5. The molecule has 1 heterocycles. The summed E-state index contributed by atoms with van der Waals surface area (Å²) in [5.74, 6) is 0.518. The van der Waals surface area contributed by atoms with Gasteiger partial charge in [0, 0.05) is 12.2 Å². The predicted octanol–water partition coefficient (Wildman–Crippen LogP) is 0.837. The number of esters is 1. The van der Waals surface area contributed by atoms with Crippen LogP contribution < -0.4 is 10.6 Å². The molecule has 0 aliphatic carbocycles. The van der Waals surface area contributed by atoms with E-state index in [1.54, 1.807) is 24.1 Å². The third kappa shape index (κ3) is 3.90. The number of rotatable bonds is 5. The van der Waals surface area contributed by atoms with Crippen LogP contribution in [0.1, 0.15) is 20.8 Å². The van der Waals surface area contributed by atoms with E-state index in [1.807, 2.05) is 13.8 Å².